The maximum atomic E-state index is 14.0. The van der Waals surface area contributed by atoms with Gasteiger partial charge in [-0.15, -0.1) is 0 Å². The predicted molar refractivity (Wildman–Crippen MR) is 97.9 cm³/mol. The van der Waals surface area contributed by atoms with E-state index in [4.69, 9.17) is 11.6 Å². The molecule has 25 heavy (non-hydrogen) atoms. The summed E-state index contributed by atoms with van der Waals surface area (Å²) < 4.78 is 27.4. The van der Waals surface area contributed by atoms with Crippen LogP contribution in [0.4, 0.5) is 8.78 Å². The molecule has 0 aromatic heterocycles. The molecule has 2 aromatic carbocycles. The molecule has 1 atom stereocenters. The van der Waals surface area contributed by atoms with Crippen LogP contribution in [0.2, 0.25) is 5.02 Å². The molecule has 1 aliphatic rings. The van der Waals surface area contributed by atoms with Gasteiger partial charge in [-0.1, -0.05) is 29.8 Å². The molecule has 2 aromatic rings. The second-order valence-electron chi connectivity index (χ2n) is 5.96. The molecule has 3 rings (SSSR count). The summed E-state index contributed by atoms with van der Waals surface area (Å²) in [5.74, 6) is -0.133. The Morgan fingerprint density at radius 3 is 2.80 bits per heavy atom. The van der Waals surface area contributed by atoms with Crippen molar-refractivity contribution in [2.75, 3.05) is 18.8 Å². The first-order valence-electron chi connectivity index (χ1n) is 8.12. The average molecular weight is 382 g/mol. The molecule has 1 aliphatic heterocycles. The van der Waals surface area contributed by atoms with E-state index < -0.39 is 11.6 Å². The summed E-state index contributed by atoms with van der Waals surface area (Å²) in [6.07, 6.45) is 0.850. The first-order chi connectivity index (χ1) is 12.0. The van der Waals surface area contributed by atoms with Crippen molar-refractivity contribution >= 4 is 29.3 Å². The predicted octanol–water partition coefficient (Wildman–Crippen LogP) is 4.87. The van der Waals surface area contributed by atoms with E-state index in [2.05, 4.69) is 0 Å². The maximum Gasteiger partial charge on any atom is 0.227 e. The van der Waals surface area contributed by atoms with Crippen LogP contribution >= 0.6 is 23.4 Å². The highest BCUT2D eigenvalue weighted by Crippen LogP contribution is 2.36. The molecular formula is C19H18ClF2NOS. The van der Waals surface area contributed by atoms with Crippen molar-refractivity contribution in [1.82, 2.24) is 4.90 Å². The molecule has 1 heterocycles. The molecule has 0 radical (unpaired) electrons. The highest BCUT2D eigenvalue weighted by molar-refractivity contribution is 7.99. The number of nitrogens with zero attached hydrogens (tertiary/aromatic N) is 1. The summed E-state index contributed by atoms with van der Waals surface area (Å²) in [7, 11) is 0. The number of halogens is 3. The summed E-state index contributed by atoms with van der Waals surface area (Å²) in [4.78, 5) is 14.3. The first-order valence-corrected chi connectivity index (χ1v) is 9.55. The topological polar surface area (TPSA) is 20.3 Å². The smallest absolute Gasteiger partial charge is 0.227 e. The van der Waals surface area contributed by atoms with Gasteiger partial charge in [-0.3, -0.25) is 4.79 Å². The molecular weight excluding hydrogens is 364 g/mol. The molecule has 0 aliphatic carbocycles. The molecule has 0 spiro atoms. The van der Waals surface area contributed by atoms with Crippen molar-refractivity contribution in [3.05, 3.63) is 70.2 Å². The summed E-state index contributed by atoms with van der Waals surface area (Å²) >= 11 is 7.69. The minimum absolute atomic E-state index is 0.00839. The van der Waals surface area contributed by atoms with Gasteiger partial charge in [0.05, 0.1) is 6.42 Å². The van der Waals surface area contributed by atoms with Crippen molar-refractivity contribution in [2.24, 2.45) is 0 Å². The minimum atomic E-state index is -0.437. The Bertz CT molecular complexity index is 771. The molecule has 2 nitrogen and oxygen atoms in total. The van der Waals surface area contributed by atoms with Crippen LogP contribution in [0.3, 0.4) is 0 Å². The summed E-state index contributed by atoms with van der Waals surface area (Å²) in [6, 6.07) is 10.8. The summed E-state index contributed by atoms with van der Waals surface area (Å²) in [5.41, 5.74) is 1.18. The second kappa shape index (κ2) is 8.19. The molecule has 132 valence electrons. The summed E-state index contributed by atoms with van der Waals surface area (Å²) in [5, 5.41) is 0.438. The van der Waals surface area contributed by atoms with Gasteiger partial charge in [-0.05, 0) is 36.2 Å². The van der Waals surface area contributed by atoms with Gasteiger partial charge in [-0.2, -0.15) is 11.8 Å². The van der Waals surface area contributed by atoms with Crippen LogP contribution in [0, 0.1) is 11.6 Å². The lowest BCUT2D eigenvalue weighted by Crippen LogP contribution is -2.34. The van der Waals surface area contributed by atoms with Crippen molar-refractivity contribution < 1.29 is 13.6 Å². The quantitative estimate of drug-likeness (QED) is 0.756. The largest absolute Gasteiger partial charge is 0.342 e. The Labute approximate surface area is 155 Å². The number of hydrogen-bond donors (Lipinski definition) is 0. The zero-order valence-electron chi connectivity index (χ0n) is 13.6. The molecule has 6 heteroatoms. The van der Waals surface area contributed by atoms with E-state index in [1.54, 1.807) is 22.7 Å². The second-order valence-corrected chi connectivity index (χ2v) is 7.68. The minimum Gasteiger partial charge on any atom is -0.342 e. The molecule has 0 saturated carbocycles. The van der Waals surface area contributed by atoms with Crippen LogP contribution in [0.1, 0.15) is 22.8 Å². The lowest BCUT2D eigenvalue weighted by atomic mass is 10.1. The number of carbonyl (C=O) groups excluding carboxylic acids is 1. The van der Waals surface area contributed by atoms with Crippen LogP contribution in [-0.4, -0.2) is 29.6 Å². The van der Waals surface area contributed by atoms with Crippen LogP contribution in [0.25, 0.3) is 0 Å². The zero-order valence-corrected chi connectivity index (χ0v) is 15.1. The van der Waals surface area contributed by atoms with Gasteiger partial charge >= 0.3 is 0 Å². The zero-order chi connectivity index (χ0) is 17.8. The van der Waals surface area contributed by atoms with Crippen LogP contribution in [0.5, 0.6) is 0 Å². The highest BCUT2D eigenvalue weighted by atomic mass is 35.5. The monoisotopic (exact) mass is 381 g/mol. The number of benzene rings is 2. The Morgan fingerprint density at radius 1 is 1.20 bits per heavy atom. The first kappa shape index (κ1) is 18.2. The molecule has 1 saturated heterocycles. The lowest BCUT2D eigenvalue weighted by Gasteiger charge is -2.21. The van der Waals surface area contributed by atoms with Crippen LogP contribution < -0.4 is 0 Å². The van der Waals surface area contributed by atoms with Crippen LogP contribution in [0.15, 0.2) is 42.5 Å². The van der Waals surface area contributed by atoms with Gasteiger partial charge in [-0.25, -0.2) is 8.78 Å². The third kappa shape index (κ3) is 4.53. The Morgan fingerprint density at radius 2 is 2.00 bits per heavy atom. The van der Waals surface area contributed by atoms with E-state index in [9.17, 15) is 13.6 Å². The SMILES string of the molecule is O=C(Cc1ccccc1Cl)N1CCS[C@H](c2cc(F)ccc2F)CC1. The molecule has 0 unspecified atom stereocenters. The Balaban J connectivity index is 1.66. The van der Waals surface area contributed by atoms with Gasteiger partial charge in [0, 0.05) is 34.7 Å². The standard InChI is InChI=1S/C19H18ClF2NOS/c20-16-4-2-1-3-13(16)11-19(24)23-8-7-18(25-10-9-23)15-12-14(21)5-6-17(15)22/h1-6,12,18H,7-11H2/t18-/m0/s1. The number of carbonyl (C=O) groups is 1. The number of thioether (sulfide) groups is 1. The lowest BCUT2D eigenvalue weighted by molar-refractivity contribution is -0.130. The summed E-state index contributed by atoms with van der Waals surface area (Å²) in [6.45, 7) is 1.12. The van der Waals surface area contributed by atoms with Crippen molar-refractivity contribution in [3.63, 3.8) is 0 Å². The fourth-order valence-electron chi connectivity index (χ4n) is 2.95. The van der Waals surface area contributed by atoms with Crippen molar-refractivity contribution in [2.45, 2.75) is 18.1 Å². The average Bonchev–Trinajstić information content (AvgIpc) is 2.85. The molecule has 0 bridgehead atoms. The Kier molecular flexibility index (Phi) is 5.97. The van der Waals surface area contributed by atoms with Crippen molar-refractivity contribution in [1.29, 1.82) is 0 Å². The van der Waals surface area contributed by atoms with E-state index in [1.807, 2.05) is 18.2 Å². The number of rotatable bonds is 3. The third-order valence-corrected chi connectivity index (χ3v) is 5.98. The van der Waals surface area contributed by atoms with E-state index in [-0.39, 0.29) is 17.6 Å². The Hall–Kier alpha value is -1.59. The van der Waals surface area contributed by atoms with Gasteiger partial charge in [0.1, 0.15) is 11.6 Å². The van der Waals surface area contributed by atoms with E-state index in [0.717, 1.165) is 17.7 Å². The number of hydrogen-bond acceptors (Lipinski definition) is 2. The maximum absolute atomic E-state index is 14.0. The fraction of sp³-hybridized carbons (Fsp3) is 0.316. The molecule has 1 amide bonds. The van der Waals surface area contributed by atoms with Gasteiger partial charge in [0.15, 0.2) is 0 Å². The van der Waals surface area contributed by atoms with Crippen LogP contribution in [-0.2, 0) is 11.2 Å². The van der Waals surface area contributed by atoms with E-state index in [0.29, 0.717) is 35.8 Å². The van der Waals surface area contributed by atoms with Gasteiger partial charge in [0.2, 0.25) is 5.91 Å². The molecule has 1 fully saturated rings. The fourth-order valence-corrected chi connectivity index (χ4v) is 4.39. The normalized spacial score (nSPS) is 18.0. The van der Waals surface area contributed by atoms with E-state index >= 15 is 0 Å². The van der Waals surface area contributed by atoms with E-state index in [1.165, 1.54) is 6.07 Å². The highest BCUT2D eigenvalue weighted by Gasteiger charge is 2.24. The van der Waals surface area contributed by atoms with Gasteiger partial charge < -0.3 is 4.90 Å². The third-order valence-electron chi connectivity index (χ3n) is 4.30. The van der Waals surface area contributed by atoms with Gasteiger partial charge in [0.25, 0.3) is 0 Å². The number of amides is 1. The van der Waals surface area contributed by atoms with Crippen molar-refractivity contribution in [3.8, 4) is 0 Å². The molecule has 0 N–H and O–H groups in total.